The van der Waals surface area contributed by atoms with Crippen LogP contribution in [0.5, 0.6) is 11.5 Å². The number of nitrogens with one attached hydrogen (secondary N) is 2. The molecule has 0 fully saturated rings. The Kier molecular flexibility index (Phi) is 8.71. The van der Waals surface area contributed by atoms with E-state index in [1.807, 2.05) is 0 Å². The summed E-state index contributed by atoms with van der Waals surface area (Å²) in [5, 5.41) is 12.7. The van der Waals surface area contributed by atoms with Crippen LogP contribution in [0.4, 0.5) is 24.0 Å². The summed E-state index contributed by atoms with van der Waals surface area (Å²) < 4.78 is 49.9. The van der Waals surface area contributed by atoms with Gasteiger partial charge in [0.2, 0.25) is 16.9 Å². The summed E-state index contributed by atoms with van der Waals surface area (Å²) in [6, 6.07) is 9.89. The number of benzene rings is 2. The lowest BCUT2D eigenvalue weighted by atomic mass is 10.1. The Morgan fingerprint density at radius 1 is 1.06 bits per heavy atom. The second kappa shape index (κ2) is 11.7. The van der Waals surface area contributed by atoms with E-state index >= 15 is 0 Å². The number of methoxy groups -OCH3 is 2. The number of carbonyl (C=O) groups is 2. The molecule has 0 aliphatic carbocycles. The second-order valence-electron chi connectivity index (χ2n) is 6.69. The Bertz CT molecular complexity index is 1230. The molecule has 35 heavy (non-hydrogen) atoms. The first-order chi connectivity index (χ1) is 16.7. The van der Waals surface area contributed by atoms with Crippen LogP contribution < -0.4 is 20.1 Å². The lowest BCUT2D eigenvalue weighted by Crippen LogP contribution is -2.18. The molecule has 0 saturated carbocycles. The van der Waals surface area contributed by atoms with Gasteiger partial charge in [-0.25, -0.2) is 0 Å². The summed E-state index contributed by atoms with van der Waals surface area (Å²) in [4.78, 5) is 24.3. The Labute approximate surface area is 206 Å². The zero-order valence-corrected chi connectivity index (χ0v) is 20.0. The van der Waals surface area contributed by atoms with Crippen LogP contribution in [-0.4, -0.2) is 42.0 Å². The SMILES string of the molecule is COc1ccc(/C=C/C(=O)Nc2nnc(SCC(=O)Nc3ccccc3C(F)(F)F)s2)cc1OC. The van der Waals surface area contributed by atoms with Crippen molar-refractivity contribution in [2.45, 2.75) is 10.5 Å². The minimum atomic E-state index is -4.59. The van der Waals surface area contributed by atoms with Crippen molar-refractivity contribution in [3.8, 4) is 11.5 Å². The maximum Gasteiger partial charge on any atom is 0.418 e. The number of nitrogens with zero attached hydrogens (tertiary/aromatic N) is 2. The van der Waals surface area contributed by atoms with Crippen LogP contribution in [0.2, 0.25) is 0 Å². The van der Waals surface area contributed by atoms with E-state index < -0.39 is 23.6 Å². The molecule has 0 aliphatic rings. The molecule has 1 heterocycles. The summed E-state index contributed by atoms with van der Waals surface area (Å²) in [5.41, 5.74) is -0.540. The van der Waals surface area contributed by atoms with Crippen molar-refractivity contribution in [1.29, 1.82) is 0 Å². The summed E-state index contributed by atoms with van der Waals surface area (Å²) >= 11 is 2.01. The molecule has 184 valence electrons. The first-order valence-electron chi connectivity index (χ1n) is 9.83. The molecule has 0 atom stereocenters. The summed E-state index contributed by atoms with van der Waals surface area (Å²) in [6.45, 7) is 0. The van der Waals surface area contributed by atoms with Crippen molar-refractivity contribution in [2.24, 2.45) is 0 Å². The van der Waals surface area contributed by atoms with E-state index in [0.717, 1.165) is 29.2 Å². The number of amides is 2. The number of hydrogen-bond donors (Lipinski definition) is 2. The largest absolute Gasteiger partial charge is 0.493 e. The van der Waals surface area contributed by atoms with Gasteiger partial charge in [-0.15, -0.1) is 10.2 Å². The van der Waals surface area contributed by atoms with Gasteiger partial charge in [0.05, 0.1) is 31.2 Å². The molecule has 3 rings (SSSR count). The molecule has 0 unspecified atom stereocenters. The van der Waals surface area contributed by atoms with Crippen LogP contribution in [0, 0.1) is 0 Å². The van der Waals surface area contributed by atoms with E-state index in [2.05, 4.69) is 20.8 Å². The van der Waals surface area contributed by atoms with Crippen molar-refractivity contribution in [2.75, 3.05) is 30.6 Å². The highest BCUT2D eigenvalue weighted by Gasteiger charge is 2.33. The quantitative estimate of drug-likeness (QED) is 0.232. The predicted octanol–water partition coefficient (Wildman–Crippen LogP) is 4.96. The van der Waals surface area contributed by atoms with Gasteiger partial charge in [0, 0.05) is 6.08 Å². The van der Waals surface area contributed by atoms with Gasteiger partial charge in [-0.1, -0.05) is 41.3 Å². The molecule has 0 radical (unpaired) electrons. The van der Waals surface area contributed by atoms with Crippen molar-refractivity contribution in [3.05, 3.63) is 59.7 Å². The summed E-state index contributed by atoms with van der Waals surface area (Å²) in [6.07, 6.45) is -1.70. The maximum absolute atomic E-state index is 13.0. The lowest BCUT2D eigenvalue weighted by molar-refractivity contribution is -0.137. The van der Waals surface area contributed by atoms with Gasteiger partial charge in [0.25, 0.3) is 0 Å². The first kappa shape index (κ1) is 26.0. The topological polar surface area (TPSA) is 102 Å². The third-order valence-corrected chi connectivity index (χ3v) is 6.28. The fourth-order valence-corrected chi connectivity index (χ4v) is 4.30. The first-order valence-corrected chi connectivity index (χ1v) is 11.6. The molecule has 2 amide bonds. The van der Waals surface area contributed by atoms with Crippen LogP contribution >= 0.6 is 23.1 Å². The van der Waals surface area contributed by atoms with E-state index in [0.29, 0.717) is 21.4 Å². The number of hydrogen-bond acceptors (Lipinski definition) is 8. The monoisotopic (exact) mass is 524 g/mol. The number of anilines is 2. The van der Waals surface area contributed by atoms with E-state index in [1.54, 1.807) is 24.3 Å². The van der Waals surface area contributed by atoms with Gasteiger partial charge < -0.3 is 14.8 Å². The van der Waals surface area contributed by atoms with Gasteiger partial charge in [0.1, 0.15) is 0 Å². The van der Waals surface area contributed by atoms with Crippen molar-refractivity contribution >= 4 is 51.8 Å². The number of thioether (sulfide) groups is 1. The fourth-order valence-electron chi connectivity index (χ4n) is 2.75. The molecule has 0 spiro atoms. The number of rotatable bonds is 9. The number of alkyl halides is 3. The average molecular weight is 525 g/mol. The van der Waals surface area contributed by atoms with Gasteiger partial charge >= 0.3 is 6.18 Å². The smallest absolute Gasteiger partial charge is 0.418 e. The highest BCUT2D eigenvalue weighted by molar-refractivity contribution is 8.01. The highest BCUT2D eigenvalue weighted by atomic mass is 32.2. The molecular formula is C22H19F3N4O4S2. The number of carbonyl (C=O) groups excluding carboxylic acids is 2. The molecule has 13 heteroatoms. The third kappa shape index (κ3) is 7.45. The molecule has 8 nitrogen and oxygen atoms in total. The average Bonchev–Trinajstić information content (AvgIpc) is 3.28. The summed E-state index contributed by atoms with van der Waals surface area (Å²) in [5.74, 6) is -0.189. The van der Waals surface area contributed by atoms with Crippen LogP contribution in [0.25, 0.3) is 6.08 Å². The van der Waals surface area contributed by atoms with Crippen LogP contribution in [0.3, 0.4) is 0 Å². The van der Waals surface area contributed by atoms with E-state index in [1.165, 1.54) is 38.5 Å². The van der Waals surface area contributed by atoms with Crippen LogP contribution in [-0.2, 0) is 15.8 Å². The molecule has 1 aromatic heterocycles. The number of ether oxygens (including phenoxy) is 2. The normalized spacial score (nSPS) is 11.3. The third-order valence-electron chi connectivity index (χ3n) is 4.30. The molecule has 2 N–H and O–H groups in total. The zero-order valence-electron chi connectivity index (χ0n) is 18.4. The Hall–Kier alpha value is -3.58. The van der Waals surface area contributed by atoms with Crippen molar-refractivity contribution < 1.29 is 32.2 Å². The van der Waals surface area contributed by atoms with Gasteiger partial charge in [-0.3, -0.25) is 14.9 Å². The maximum atomic E-state index is 13.0. The van der Waals surface area contributed by atoms with E-state index in [9.17, 15) is 22.8 Å². The Morgan fingerprint density at radius 2 is 1.80 bits per heavy atom. The molecule has 0 bridgehead atoms. The summed E-state index contributed by atoms with van der Waals surface area (Å²) in [7, 11) is 3.03. The molecule has 2 aromatic carbocycles. The highest BCUT2D eigenvalue weighted by Crippen LogP contribution is 2.35. The van der Waals surface area contributed by atoms with Gasteiger partial charge in [-0.05, 0) is 35.9 Å². The minimum Gasteiger partial charge on any atom is -0.493 e. The Morgan fingerprint density at radius 3 is 2.51 bits per heavy atom. The van der Waals surface area contributed by atoms with Crippen molar-refractivity contribution in [3.63, 3.8) is 0 Å². The number of aromatic nitrogens is 2. The van der Waals surface area contributed by atoms with Gasteiger partial charge in [0.15, 0.2) is 15.8 Å². The van der Waals surface area contributed by atoms with Crippen molar-refractivity contribution in [1.82, 2.24) is 10.2 Å². The van der Waals surface area contributed by atoms with Gasteiger partial charge in [-0.2, -0.15) is 13.2 Å². The van der Waals surface area contributed by atoms with E-state index in [-0.39, 0.29) is 16.6 Å². The zero-order chi connectivity index (χ0) is 25.4. The minimum absolute atomic E-state index is 0.187. The number of halogens is 3. The Balaban J connectivity index is 1.52. The molecule has 3 aromatic rings. The lowest BCUT2D eigenvalue weighted by Gasteiger charge is -2.13. The standard InChI is InChI=1S/C22H19F3N4O4S2/c1-32-16-9-7-13(11-17(16)33-2)8-10-18(30)27-20-28-29-21(35-20)34-12-19(31)26-15-6-4-3-5-14(15)22(23,24)25/h3-11H,12H2,1-2H3,(H,26,31)(H,27,28,30)/b10-8+. The van der Waals surface area contributed by atoms with E-state index in [4.69, 9.17) is 9.47 Å². The second-order valence-corrected chi connectivity index (χ2v) is 8.89. The molecule has 0 saturated heterocycles. The molecule has 0 aliphatic heterocycles. The molecular weight excluding hydrogens is 505 g/mol. The van der Waals surface area contributed by atoms with Crippen LogP contribution in [0.15, 0.2) is 52.9 Å². The number of para-hydroxylation sites is 1. The van der Waals surface area contributed by atoms with Crippen LogP contribution in [0.1, 0.15) is 11.1 Å². The fraction of sp³-hybridized carbons (Fsp3) is 0.182. The predicted molar refractivity (Wildman–Crippen MR) is 128 cm³/mol.